The molecule has 0 bridgehead atoms. The fourth-order valence-electron chi connectivity index (χ4n) is 1.65. The molecule has 0 aliphatic heterocycles. The average Bonchev–Trinajstić information content (AvgIpc) is 2.87. The molecule has 1 unspecified atom stereocenters. The Kier molecular flexibility index (Phi) is 4.35. The summed E-state index contributed by atoms with van der Waals surface area (Å²) in [5, 5.41) is 7.22. The fourth-order valence-corrected chi connectivity index (χ4v) is 1.65. The Bertz CT molecular complexity index is 470. The van der Waals surface area contributed by atoms with E-state index in [1.54, 1.807) is 18.5 Å². The van der Waals surface area contributed by atoms with E-state index < -0.39 is 0 Å². The van der Waals surface area contributed by atoms with Gasteiger partial charge in [-0.3, -0.25) is 0 Å². The largest absolute Gasteiger partial charge is 0.339 e. The molecule has 96 valence electrons. The van der Waals surface area contributed by atoms with Gasteiger partial charge in [0, 0.05) is 24.9 Å². The van der Waals surface area contributed by atoms with Gasteiger partial charge in [0.25, 0.3) is 0 Å². The van der Waals surface area contributed by atoms with Crippen molar-refractivity contribution in [2.24, 2.45) is 0 Å². The first kappa shape index (κ1) is 12.6. The lowest BCUT2D eigenvalue weighted by Gasteiger charge is -2.09. The highest BCUT2D eigenvalue weighted by Gasteiger charge is 2.11. The number of aryl methyl sites for hydroxylation is 1. The van der Waals surface area contributed by atoms with Gasteiger partial charge in [0.2, 0.25) is 17.5 Å². The van der Waals surface area contributed by atoms with Crippen molar-refractivity contribution in [1.82, 2.24) is 25.4 Å². The number of hydrogen-bond donors (Lipinski definition) is 1. The van der Waals surface area contributed by atoms with Gasteiger partial charge in [-0.1, -0.05) is 12.1 Å². The second-order valence-electron chi connectivity index (χ2n) is 4.08. The van der Waals surface area contributed by atoms with Gasteiger partial charge in [0.1, 0.15) is 0 Å². The van der Waals surface area contributed by atoms with E-state index in [1.807, 2.05) is 0 Å². The monoisotopic (exact) mass is 247 g/mol. The quantitative estimate of drug-likeness (QED) is 0.832. The molecule has 1 atom stereocenters. The van der Waals surface area contributed by atoms with Crippen molar-refractivity contribution in [1.29, 1.82) is 0 Å². The molecule has 18 heavy (non-hydrogen) atoms. The Hall–Kier alpha value is -1.82. The van der Waals surface area contributed by atoms with Crippen LogP contribution in [0.15, 0.2) is 23.0 Å². The Morgan fingerprint density at radius 3 is 2.78 bits per heavy atom. The molecule has 2 aromatic rings. The van der Waals surface area contributed by atoms with Crippen molar-refractivity contribution in [3.05, 3.63) is 24.4 Å². The third-order valence-corrected chi connectivity index (χ3v) is 2.58. The van der Waals surface area contributed by atoms with E-state index in [9.17, 15) is 0 Å². The molecule has 0 amide bonds. The fraction of sp³-hybridized carbons (Fsp3) is 0.500. The van der Waals surface area contributed by atoms with Crippen molar-refractivity contribution in [2.45, 2.75) is 32.7 Å². The number of nitrogens with one attached hydrogen (secondary N) is 1. The van der Waals surface area contributed by atoms with E-state index in [4.69, 9.17) is 4.52 Å². The highest BCUT2D eigenvalue weighted by atomic mass is 16.5. The maximum absolute atomic E-state index is 5.18. The summed E-state index contributed by atoms with van der Waals surface area (Å²) in [4.78, 5) is 12.4. The van der Waals surface area contributed by atoms with Crippen LogP contribution >= 0.6 is 0 Å². The second-order valence-corrected chi connectivity index (χ2v) is 4.08. The lowest BCUT2D eigenvalue weighted by molar-refractivity contribution is 0.367. The van der Waals surface area contributed by atoms with Gasteiger partial charge in [0.15, 0.2) is 0 Å². The maximum Gasteiger partial charge on any atom is 0.240 e. The van der Waals surface area contributed by atoms with Crippen molar-refractivity contribution >= 4 is 0 Å². The maximum atomic E-state index is 5.18. The first-order valence-corrected chi connectivity index (χ1v) is 6.13. The summed E-state index contributed by atoms with van der Waals surface area (Å²) in [5.74, 6) is 1.57. The second kappa shape index (κ2) is 6.20. The minimum Gasteiger partial charge on any atom is -0.339 e. The summed E-state index contributed by atoms with van der Waals surface area (Å²) in [5.41, 5.74) is 0. The SMILES string of the molecule is CCNC(C)CCc1nc(-c2ncccn2)no1. The Balaban J connectivity index is 1.95. The van der Waals surface area contributed by atoms with Crippen LogP contribution in [0.25, 0.3) is 11.6 Å². The third kappa shape index (κ3) is 3.33. The van der Waals surface area contributed by atoms with Gasteiger partial charge in [-0.05, 0) is 26.0 Å². The highest BCUT2D eigenvalue weighted by molar-refractivity contribution is 5.40. The molecule has 0 aliphatic rings. The molecule has 0 saturated heterocycles. The molecule has 0 saturated carbocycles. The van der Waals surface area contributed by atoms with Crippen LogP contribution in [0.1, 0.15) is 26.2 Å². The van der Waals surface area contributed by atoms with E-state index in [0.717, 1.165) is 19.4 Å². The molecule has 0 fully saturated rings. The Morgan fingerprint density at radius 1 is 1.28 bits per heavy atom. The standard InChI is InChI=1S/C12H17N5O/c1-3-13-9(2)5-6-10-16-12(17-18-10)11-14-7-4-8-15-11/h4,7-9,13H,3,5-6H2,1-2H3. The molecule has 6 nitrogen and oxygen atoms in total. The minimum absolute atomic E-state index is 0.443. The van der Waals surface area contributed by atoms with Crippen LogP contribution in [-0.4, -0.2) is 32.7 Å². The lowest BCUT2D eigenvalue weighted by atomic mass is 10.2. The van der Waals surface area contributed by atoms with Gasteiger partial charge in [-0.2, -0.15) is 4.98 Å². The number of rotatable bonds is 6. The zero-order valence-electron chi connectivity index (χ0n) is 10.6. The van der Waals surface area contributed by atoms with Crippen molar-refractivity contribution < 1.29 is 4.52 Å². The average molecular weight is 247 g/mol. The molecule has 2 aromatic heterocycles. The van der Waals surface area contributed by atoms with Gasteiger partial charge >= 0.3 is 0 Å². The molecular weight excluding hydrogens is 230 g/mol. The number of aromatic nitrogens is 4. The topological polar surface area (TPSA) is 76.7 Å². The summed E-state index contributed by atoms with van der Waals surface area (Å²) in [6.45, 7) is 5.20. The van der Waals surface area contributed by atoms with Crippen LogP contribution in [-0.2, 0) is 6.42 Å². The summed E-state index contributed by atoms with van der Waals surface area (Å²) < 4.78 is 5.18. The van der Waals surface area contributed by atoms with E-state index in [1.165, 1.54) is 0 Å². The first-order valence-electron chi connectivity index (χ1n) is 6.13. The molecule has 2 heterocycles. The Labute approximate surface area is 106 Å². The number of hydrogen-bond acceptors (Lipinski definition) is 6. The molecule has 1 N–H and O–H groups in total. The van der Waals surface area contributed by atoms with Crippen molar-refractivity contribution in [2.75, 3.05) is 6.54 Å². The normalized spacial score (nSPS) is 12.6. The van der Waals surface area contributed by atoms with Crippen LogP contribution < -0.4 is 5.32 Å². The molecule has 2 rings (SSSR count). The summed E-state index contributed by atoms with van der Waals surface area (Å²) in [6.07, 6.45) is 5.04. The van der Waals surface area contributed by atoms with Crippen LogP contribution in [0.4, 0.5) is 0 Å². The Morgan fingerprint density at radius 2 is 2.06 bits per heavy atom. The molecular formula is C12H17N5O. The first-order chi connectivity index (χ1) is 8.79. The van der Waals surface area contributed by atoms with E-state index in [0.29, 0.717) is 23.6 Å². The summed E-state index contributed by atoms with van der Waals surface area (Å²) in [7, 11) is 0. The van der Waals surface area contributed by atoms with E-state index in [-0.39, 0.29) is 0 Å². The van der Waals surface area contributed by atoms with Crippen molar-refractivity contribution in [3.8, 4) is 11.6 Å². The highest BCUT2D eigenvalue weighted by Crippen LogP contribution is 2.10. The summed E-state index contributed by atoms with van der Waals surface area (Å²) in [6, 6.07) is 2.20. The molecule has 0 spiro atoms. The molecule has 6 heteroatoms. The van der Waals surface area contributed by atoms with Crippen molar-refractivity contribution in [3.63, 3.8) is 0 Å². The molecule has 0 aromatic carbocycles. The van der Waals surface area contributed by atoms with Crippen LogP contribution in [0, 0.1) is 0 Å². The zero-order chi connectivity index (χ0) is 12.8. The van der Waals surface area contributed by atoms with Gasteiger partial charge in [-0.25, -0.2) is 9.97 Å². The molecule has 0 radical (unpaired) electrons. The third-order valence-electron chi connectivity index (χ3n) is 2.58. The molecule has 0 aliphatic carbocycles. The van der Waals surface area contributed by atoms with Gasteiger partial charge in [-0.15, -0.1) is 0 Å². The van der Waals surface area contributed by atoms with Crippen LogP contribution in [0.3, 0.4) is 0 Å². The lowest BCUT2D eigenvalue weighted by Crippen LogP contribution is -2.25. The van der Waals surface area contributed by atoms with Gasteiger partial charge in [0.05, 0.1) is 0 Å². The smallest absolute Gasteiger partial charge is 0.240 e. The minimum atomic E-state index is 0.443. The predicted molar refractivity (Wildman–Crippen MR) is 66.8 cm³/mol. The number of nitrogens with zero attached hydrogens (tertiary/aromatic N) is 4. The zero-order valence-corrected chi connectivity index (χ0v) is 10.6. The van der Waals surface area contributed by atoms with Gasteiger partial charge < -0.3 is 9.84 Å². The predicted octanol–water partition coefficient (Wildman–Crippen LogP) is 1.46. The van der Waals surface area contributed by atoms with Crippen LogP contribution in [0.2, 0.25) is 0 Å². The van der Waals surface area contributed by atoms with Crippen LogP contribution in [0.5, 0.6) is 0 Å². The van der Waals surface area contributed by atoms with E-state index >= 15 is 0 Å². The van der Waals surface area contributed by atoms with E-state index in [2.05, 4.69) is 39.3 Å². The summed E-state index contributed by atoms with van der Waals surface area (Å²) >= 11 is 0.